The van der Waals surface area contributed by atoms with E-state index in [1.54, 1.807) is 5.57 Å². The number of hydrogen-bond acceptors (Lipinski definition) is 5. The Morgan fingerprint density at radius 1 is 0.964 bits per heavy atom. The summed E-state index contributed by atoms with van der Waals surface area (Å²) in [5.74, 6) is -0.275. The van der Waals surface area contributed by atoms with Crippen molar-refractivity contribution in [2.45, 2.75) is 93.2 Å². The van der Waals surface area contributed by atoms with Gasteiger partial charge in [-0.15, -0.1) is 0 Å². The second-order valence-electron chi connectivity index (χ2n) is 10.1. The number of esters is 2. The average Bonchev–Trinajstić information content (AvgIpc) is 3.06. The van der Waals surface area contributed by atoms with E-state index in [2.05, 4.69) is 34.6 Å². The van der Waals surface area contributed by atoms with Gasteiger partial charge in [0.1, 0.15) is 0 Å². The maximum absolute atomic E-state index is 11.7. The molecule has 0 spiro atoms. The summed E-state index contributed by atoms with van der Waals surface area (Å²) in [6, 6.07) is 0. The Labute approximate surface area is 169 Å². The minimum Gasteiger partial charge on any atom is -0.435 e. The molecule has 1 heterocycles. The Balaban J connectivity index is 1.94. The Bertz CT molecular complexity index is 674. The Morgan fingerprint density at radius 3 is 2.11 bits per heavy atom. The molecule has 0 aromatic carbocycles. The average molecular weight is 393 g/mol. The van der Waals surface area contributed by atoms with Crippen LogP contribution in [0.4, 0.5) is 0 Å². The van der Waals surface area contributed by atoms with Crippen LogP contribution >= 0.6 is 0 Å². The fourth-order valence-corrected chi connectivity index (χ4v) is 6.33. The van der Waals surface area contributed by atoms with E-state index < -0.39 is 12.6 Å². The normalized spacial score (nSPS) is 37.9. The van der Waals surface area contributed by atoms with E-state index in [0.29, 0.717) is 5.92 Å². The summed E-state index contributed by atoms with van der Waals surface area (Å²) in [6.45, 7) is 14.3. The predicted octanol–water partition coefficient (Wildman–Crippen LogP) is 4.99. The van der Waals surface area contributed by atoms with Crippen molar-refractivity contribution in [1.82, 2.24) is 0 Å². The zero-order valence-electron chi connectivity index (χ0n) is 18.5. The third-order valence-electron chi connectivity index (χ3n) is 7.53. The molecule has 28 heavy (non-hydrogen) atoms. The lowest BCUT2D eigenvalue weighted by Crippen LogP contribution is -2.46. The molecule has 0 bridgehead atoms. The Kier molecular flexibility index (Phi) is 5.70. The van der Waals surface area contributed by atoms with Crippen LogP contribution in [0.2, 0.25) is 0 Å². The van der Waals surface area contributed by atoms with Gasteiger partial charge in [-0.05, 0) is 55.8 Å². The SMILES string of the molecule is CC(=O)O[C@@H]1O[C@H](OC(C)=O)C2C1CCC(/C(C)=C1/CCCC1(C)C)C2(C)C. The smallest absolute Gasteiger partial charge is 0.304 e. The fourth-order valence-electron chi connectivity index (χ4n) is 6.33. The van der Waals surface area contributed by atoms with Gasteiger partial charge >= 0.3 is 11.9 Å². The molecule has 2 saturated carbocycles. The van der Waals surface area contributed by atoms with Crippen molar-refractivity contribution in [3.8, 4) is 0 Å². The molecule has 1 saturated heterocycles. The van der Waals surface area contributed by atoms with Gasteiger partial charge in [-0.3, -0.25) is 9.59 Å². The molecule has 0 N–H and O–H groups in total. The van der Waals surface area contributed by atoms with Gasteiger partial charge in [0.2, 0.25) is 12.6 Å². The number of carbonyl (C=O) groups is 2. The zero-order valence-corrected chi connectivity index (χ0v) is 18.5. The van der Waals surface area contributed by atoms with Gasteiger partial charge in [0.05, 0.1) is 0 Å². The van der Waals surface area contributed by atoms with Crippen LogP contribution in [0, 0.1) is 28.6 Å². The van der Waals surface area contributed by atoms with Crippen LogP contribution in [0.25, 0.3) is 0 Å². The number of hydrogen-bond donors (Lipinski definition) is 0. The lowest BCUT2D eigenvalue weighted by molar-refractivity contribution is -0.217. The van der Waals surface area contributed by atoms with Crippen molar-refractivity contribution >= 4 is 11.9 Å². The van der Waals surface area contributed by atoms with Gasteiger partial charge in [-0.1, -0.05) is 38.8 Å². The summed E-state index contributed by atoms with van der Waals surface area (Å²) >= 11 is 0. The van der Waals surface area contributed by atoms with E-state index in [1.165, 1.54) is 38.7 Å². The first-order valence-electron chi connectivity index (χ1n) is 10.6. The van der Waals surface area contributed by atoms with E-state index in [-0.39, 0.29) is 34.6 Å². The Hall–Kier alpha value is -1.36. The molecule has 1 aliphatic heterocycles. The quantitative estimate of drug-likeness (QED) is 0.500. The topological polar surface area (TPSA) is 61.8 Å². The highest BCUT2D eigenvalue weighted by Crippen LogP contribution is 2.58. The van der Waals surface area contributed by atoms with Crippen molar-refractivity contribution in [3.05, 3.63) is 11.1 Å². The third-order valence-corrected chi connectivity index (χ3v) is 7.53. The fraction of sp³-hybridized carbons (Fsp3) is 0.826. The molecule has 0 aromatic heterocycles. The number of rotatable bonds is 3. The molecule has 158 valence electrons. The van der Waals surface area contributed by atoms with Crippen molar-refractivity contribution in [3.63, 3.8) is 0 Å². The predicted molar refractivity (Wildman–Crippen MR) is 106 cm³/mol. The largest absolute Gasteiger partial charge is 0.435 e. The molecule has 5 atom stereocenters. The monoisotopic (exact) mass is 392 g/mol. The van der Waals surface area contributed by atoms with E-state index in [9.17, 15) is 9.59 Å². The maximum Gasteiger partial charge on any atom is 0.304 e. The summed E-state index contributed by atoms with van der Waals surface area (Å²) in [6.07, 6.45) is 4.31. The minimum atomic E-state index is -0.668. The van der Waals surface area contributed by atoms with Crippen LogP contribution in [0.1, 0.15) is 80.6 Å². The van der Waals surface area contributed by atoms with Crippen molar-refractivity contribution < 1.29 is 23.8 Å². The number of ether oxygens (including phenoxy) is 3. The van der Waals surface area contributed by atoms with Gasteiger partial charge in [0, 0.05) is 25.7 Å². The summed E-state index contributed by atoms with van der Waals surface area (Å²) < 4.78 is 17.0. The van der Waals surface area contributed by atoms with E-state index in [1.807, 2.05) is 0 Å². The van der Waals surface area contributed by atoms with E-state index >= 15 is 0 Å². The summed E-state index contributed by atoms with van der Waals surface area (Å²) in [7, 11) is 0. The molecule has 5 heteroatoms. The van der Waals surface area contributed by atoms with Crippen LogP contribution in [-0.4, -0.2) is 24.5 Å². The highest BCUT2D eigenvalue weighted by Gasteiger charge is 2.59. The van der Waals surface area contributed by atoms with E-state index in [0.717, 1.165) is 12.8 Å². The van der Waals surface area contributed by atoms with Crippen molar-refractivity contribution in [2.75, 3.05) is 0 Å². The molecule has 0 amide bonds. The zero-order chi connectivity index (χ0) is 20.9. The summed E-state index contributed by atoms with van der Waals surface area (Å²) in [5.41, 5.74) is 3.24. The molecule has 2 aliphatic carbocycles. The summed E-state index contributed by atoms with van der Waals surface area (Å²) in [5, 5.41) is 0. The van der Waals surface area contributed by atoms with E-state index in [4.69, 9.17) is 14.2 Å². The number of carbonyl (C=O) groups excluding carboxylic acids is 2. The maximum atomic E-state index is 11.7. The first-order valence-corrected chi connectivity index (χ1v) is 10.6. The van der Waals surface area contributed by atoms with Gasteiger partial charge < -0.3 is 14.2 Å². The number of fused-ring (bicyclic) bond motifs is 1. The molecule has 5 nitrogen and oxygen atoms in total. The van der Waals surface area contributed by atoms with Gasteiger partial charge in [0.25, 0.3) is 0 Å². The van der Waals surface area contributed by atoms with Crippen LogP contribution in [0.3, 0.4) is 0 Å². The number of allylic oxidation sites excluding steroid dienone is 2. The lowest BCUT2D eigenvalue weighted by atomic mass is 9.56. The molecule has 3 rings (SSSR count). The minimum absolute atomic E-state index is 0.000402. The van der Waals surface area contributed by atoms with Crippen molar-refractivity contribution in [2.24, 2.45) is 28.6 Å². The Morgan fingerprint density at radius 2 is 1.57 bits per heavy atom. The lowest BCUT2D eigenvalue weighted by Gasteiger charge is -2.48. The molecular formula is C23H36O5. The first kappa shape index (κ1) is 21.4. The van der Waals surface area contributed by atoms with Crippen LogP contribution in [0.5, 0.6) is 0 Å². The highest BCUT2D eigenvalue weighted by molar-refractivity contribution is 5.66. The molecule has 3 unspecified atom stereocenters. The van der Waals surface area contributed by atoms with Crippen LogP contribution < -0.4 is 0 Å². The van der Waals surface area contributed by atoms with Gasteiger partial charge in [-0.25, -0.2) is 0 Å². The molecule has 3 fully saturated rings. The van der Waals surface area contributed by atoms with Crippen LogP contribution in [0.15, 0.2) is 11.1 Å². The van der Waals surface area contributed by atoms with Crippen molar-refractivity contribution in [1.29, 1.82) is 0 Å². The standard InChI is InChI=1S/C23H36O5/c1-13(17-9-8-12-22(17,4)5)18-11-10-16-19(23(18,6)7)21(27-15(3)25)28-20(16)26-14(2)24/h16,18-21H,8-12H2,1-7H3/b17-13-/t16?,18?,19?,20-,21+/m1/s1. The second-order valence-corrected chi connectivity index (χ2v) is 10.1. The molecule has 0 aromatic rings. The van der Waals surface area contributed by atoms with Gasteiger partial charge in [0.15, 0.2) is 0 Å². The molecule has 0 radical (unpaired) electrons. The third kappa shape index (κ3) is 3.74. The first-order chi connectivity index (χ1) is 12.9. The second kappa shape index (κ2) is 7.47. The molecular weight excluding hydrogens is 356 g/mol. The van der Waals surface area contributed by atoms with Crippen LogP contribution in [-0.2, 0) is 23.8 Å². The molecule has 3 aliphatic rings. The van der Waals surface area contributed by atoms with Gasteiger partial charge in [-0.2, -0.15) is 0 Å². The highest BCUT2D eigenvalue weighted by atomic mass is 16.8. The summed E-state index contributed by atoms with van der Waals surface area (Å²) in [4.78, 5) is 23.3.